The van der Waals surface area contributed by atoms with Crippen molar-refractivity contribution in [2.45, 2.75) is 64.7 Å². The maximum atomic E-state index is 13.3. The van der Waals surface area contributed by atoms with Gasteiger partial charge >= 0.3 is 5.97 Å². The minimum Gasteiger partial charge on any atom is -0.496 e. The summed E-state index contributed by atoms with van der Waals surface area (Å²) in [4.78, 5) is 63.7. The average molecular weight is 638 g/mol. The summed E-state index contributed by atoms with van der Waals surface area (Å²) in [7, 11) is 2.89. The summed E-state index contributed by atoms with van der Waals surface area (Å²) in [6.07, 6.45) is -0.0648. The number of aryl methyl sites for hydroxylation is 1. The van der Waals surface area contributed by atoms with Crippen LogP contribution in [0.3, 0.4) is 0 Å². The maximum Gasteiger partial charge on any atom is 0.305 e. The van der Waals surface area contributed by atoms with Gasteiger partial charge in [0.2, 0.25) is 17.7 Å². The molecule has 3 amide bonds. The van der Waals surface area contributed by atoms with E-state index in [9.17, 15) is 29.1 Å². The summed E-state index contributed by atoms with van der Waals surface area (Å²) in [5.74, 6) is -3.21. The zero-order valence-electron chi connectivity index (χ0n) is 26.4. The molecule has 0 radical (unpaired) electrons. The number of methoxy groups -OCH3 is 2. The van der Waals surface area contributed by atoms with E-state index in [0.29, 0.717) is 23.5 Å². The zero-order valence-corrected chi connectivity index (χ0v) is 26.4. The molecule has 0 saturated heterocycles. The number of carboxylic acids is 1. The first-order chi connectivity index (χ1) is 21.9. The molecule has 0 bridgehead atoms. The van der Waals surface area contributed by atoms with Crippen molar-refractivity contribution >= 4 is 29.5 Å². The number of carbonyl (C=O) groups excluding carboxylic acids is 4. The smallest absolute Gasteiger partial charge is 0.305 e. The van der Waals surface area contributed by atoms with Gasteiger partial charge in [-0.3, -0.25) is 24.0 Å². The molecule has 0 spiro atoms. The number of aliphatic carboxylic acids is 1. The largest absolute Gasteiger partial charge is 0.496 e. The number of carbonyl (C=O) groups is 5. The Morgan fingerprint density at radius 3 is 2.11 bits per heavy atom. The van der Waals surface area contributed by atoms with Crippen molar-refractivity contribution < 1.29 is 38.6 Å². The Balaban J connectivity index is 1.67. The number of hydrogen-bond acceptors (Lipinski definition) is 10. The van der Waals surface area contributed by atoms with Crippen LogP contribution in [0, 0.1) is 5.92 Å². The van der Waals surface area contributed by atoms with Crippen LogP contribution in [0.15, 0.2) is 48.5 Å². The van der Waals surface area contributed by atoms with Crippen LogP contribution >= 0.6 is 0 Å². The van der Waals surface area contributed by atoms with Crippen LogP contribution in [0.1, 0.15) is 39.2 Å². The van der Waals surface area contributed by atoms with E-state index >= 15 is 0 Å². The van der Waals surface area contributed by atoms with Crippen molar-refractivity contribution in [3.8, 4) is 22.9 Å². The van der Waals surface area contributed by atoms with E-state index in [0.717, 1.165) is 10.2 Å². The van der Waals surface area contributed by atoms with Crippen molar-refractivity contribution in [2.24, 2.45) is 5.92 Å². The van der Waals surface area contributed by atoms with Gasteiger partial charge < -0.3 is 30.5 Å². The van der Waals surface area contributed by atoms with Crippen molar-refractivity contribution in [3.63, 3.8) is 0 Å². The molecule has 0 aliphatic rings. The highest BCUT2D eigenvalue weighted by Crippen LogP contribution is 2.36. The Kier molecular flexibility index (Phi) is 12.7. The Hall–Kier alpha value is -5.34. The van der Waals surface area contributed by atoms with Crippen LogP contribution < -0.4 is 25.4 Å². The van der Waals surface area contributed by atoms with E-state index in [-0.39, 0.29) is 24.1 Å². The third-order valence-corrected chi connectivity index (χ3v) is 7.07. The summed E-state index contributed by atoms with van der Waals surface area (Å²) < 4.78 is 11.9. The van der Waals surface area contributed by atoms with Crippen molar-refractivity contribution in [3.05, 3.63) is 54.1 Å². The number of amides is 3. The second kappa shape index (κ2) is 16.7. The number of tetrazole rings is 1. The van der Waals surface area contributed by atoms with Gasteiger partial charge in [-0.2, -0.15) is 0 Å². The molecule has 1 unspecified atom stereocenters. The Labute approximate surface area is 266 Å². The molecule has 3 rings (SSSR count). The minimum absolute atomic E-state index is 0.120. The molecule has 0 fully saturated rings. The van der Waals surface area contributed by atoms with Crippen LogP contribution in [-0.2, 0) is 36.9 Å². The molecule has 46 heavy (non-hydrogen) atoms. The molecule has 0 aliphatic carbocycles. The number of benzene rings is 2. The van der Waals surface area contributed by atoms with E-state index in [1.165, 1.54) is 21.1 Å². The Morgan fingerprint density at radius 2 is 1.52 bits per heavy atom. The summed E-state index contributed by atoms with van der Waals surface area (Å²) in [5.41, 5.74) is 1.35. The van der Waals surface area contributed by atoms with Crippen molar-refractivity contribution in [1.82, 2.24) is 36.2 Å². The van der Waals surface area contributed by atoms with Gasteiger partial charge in [-0.05, 0) is 47.4 Å². The van der Waals surface area contributed by atoms with E-state index in [1.54, 1.807) is 32.0 Å². The summed E-state index contributed by atoms with van der Waals surface area (Å²) in [6, 6.07) is 10.9. The number of carboxylic acid groups (broad SMARTS) is 1. The van der Waals surface area contributed by atoms with E-state index in [2.05, 4.69) is 31.5 Å². The summed E-state index contributed by atoms with van der Waals surface area (Å²) >= 11 is 0. The standard InChI is InChI=1S/C31H39N7O8/c1-18(2)28(34-25(40)15-14-20-10-7-6-8-11-20)31(44)32-19(3)30(43)33-21(16-26(41)42)22(39)17-38-29(35-36-37-38)27-23(45-4)12-9-13-24(27)46-5/h6-13,18-19,21,28H,14-17H2,1-5H3,(H,32,44)(H,33,43)(H,34,40)(H,41,42)/t19-,21?,28-/m0/s1. The van der Waals surface area contributed by atoms with Gasteiger partial charge in [0.05, 0.1) is 26.7 Å². The molecule has 3 aromatic rings. The lowest BCUT2D eigenvalue weighted by Gasteiger charge is -2.25. The van der Waals surface area contributed by atoms with Gasteiger partial charge in [-0.1, -0.05) is 50.2 Å². The molecule has 0 saturated carbocycles. The monoisotopic (exact) mass is 637 g/mol. The molecular weight excluding hydrogens is 598 g/mol. The highest BCUT2D eigenvalue weighted by atomic mass is 16.5. The fraction of sp³-hybridized carbons (Fsp3) is 0.419. The first-order valence-electron chi connectivity index (χ1n) is 14.6. The number of nitrogens with zero attached hydrogens (tertiary/aromatic N) is 4. The van der Waals surface area contributed by atoms with Gasteiger partial charge in [-0.15, -0.1) is 5.10 Å². The average Bonchev–Trinajstić information content (AvgIpc) is 3.49. The second-order valence-electron chi connectivity index (χ2n) is 10.8. The molecule has 15 heteroatoms. The second-order valence-corrected chi connectivity index (χ2v) is 10.8. The number of ether oxygens (including phenoxy) is 2. The normalized spacial score (nSPS) is 12.8. The lowest BCUT2D eigenvalue weighted by atomic mass is 10.0. The fourth-order valence-electron chi connectivity index (χ4n) is 4.59. The van der Waals surface area contributed by atoms with Gasteiger partial charge in [0.25, 0.3) is 0 Å². The van der Waals surface area contributed by atoms with Crippen molar-refractivity contribution in [1.29, 1.82) is 0 Å². The lowest BCUT2D eigenvalue weighted by Crippen LogP contribution is -2.56. The third-order valence-electron chi connectivity index (χ3n) is 7.07. The van der Waals surface area contributed by atoms with Crippen LogP contribution in [0.4, 0.5) is 0 Å². The highest BCUT2D eigenvalue weighted by molar-refractivity contribution is 5.95. The van der Waals surface area contributed by atoms with Gasteiger partial charge in [0.15, 0.2) is 11.6 Å². The van der Waals surface area contributed by atoms with E-state index in [1.807, 2.05) is 30.3 Å². The molecule has 1 aromatic heterocycles. The molecule has 1 heterocycles. The number of Topliss-reactive ketones (excluding diaryl/α,β-unsaturated/α-hetero) is 1. The molecule has 4 N–H and O–H groups in total. The molecule has 15 nitrogen and oxygen atoms in total. The van der Waals surface area contributed by atoms with Gasteiger partial charge in [-0.25, -0.2) is 4.68 Å². The lowest BCUT2D eigenvalue weighted by molar-refractivity contribution is -0.140. The van der Waals surface area contributed by atoms with Crippen LogP contribution in [-0.4, -0.2) is 87.1 Å². The topological polar surface area (TPSA) is 204 Å². The maximum absolute atomic E-state index is 13.3. The molecule has 0 aliphatic heterocycles. The number of rotatable bonds is 17. The van der Waals surface area contributed by atoms with Crippen molar-refractivity contribution in [2.75, 3.05) is 14.2 Å². The minimum atomic E-state index is -1.47. The first kappa shape index (κ1) is 35.1. The molecule has 2 aromatic carbocycles. The predicted octanol–water partition coefficient (Wildman–Crippen LogP) is 1.16. The Bertz CT molecular complexity index is 1500. The number of aromatic nitrogens is 4. The van der Waals surface area contributed by atoms with Crippen LogP contribution in [0.25, 0.3) is 11.4 Å². The predicted molar refractivity (Wildman–Crippen MR) is 165 cm³/mol. The number of hydrogen-bond donors (Lipinski definition) is 4. The van der Waals surface area contributed by atoms with Gasteiger partial charge in [0.1, 0.15) is 35.7 Å². The summed E-state index contributed by atoms with van der Waals surface area (Å²) in [5, 5.41) is 28.6. The van der Waals surface area contributed by atoms with Gasteiger partial charge in [0, 0.05) is 6.42 Å². The molecule has 3 atom stereocenters. The quantitative estimate of drug-likeness (QED) is 0.165. The Morgan fingerprint density at radius 1 is 0.870 bits per heavy atom. The molecular formula is C31H39N7O8. The first-order valence-corrected chi connectivity index (χ1v) is 14.6. The highest BCUT2D eigenvalue weighted by Gasteiger charge is 2.31. The fourth-order valence-corrected chi connectivity index (χ4v) is 4.59. The number of ketones is 1. The zero-order chi connectivity index (χ0) is 33.8. The third kappa shape index (κ3) is 9.58. The SMILES string of the molecule is COc1cccc(OC)c1-c1nnnn1CC(=O)C(CC(=O)O)NC(=O)[C@H](C)NC(=O)[C@@H](NC(=O)CCc1ccccc1)C(C)C. The van der Waals surface area contributed by atoms with Crippen LogP contribution in [0.5, 0.6) is 11.5 Å². The van der Waals surface area contributed by atoms with E-state index < -0.39 is 54.7 Å². The summed E-state index contributed by atoms with van der Waals surface area (Å²) in [6.45, 7) is 4.40. The van der Waals surface area contributed by atoms with E-state index in [4.69, 9.17) is 9.47 Å². The number of nitrogens with one attached hydrogen (secondary N) is 3. The van der Waals surface area contributed by atoms with Crippen LogP contribution in [0.2, 0.25) is 0 Å². The molecule has 246 valence electrons.